The Hall–Kier alpha value is -4.30. The number of likely N-dealkylation sites (tertiary alicyclic amines) is 1. The quantitative estimate of drug-likeness (QED) is 0.0730. The van der Waals surface area contributed by atoms with Crippen LogP contribution in [0.4, 0.5) is 29.1 Å². The van der Waals surface area contributed by atoms with Crippen LogP contribution in [-0.2, 0) is 39.4 Å². The van der Waals surface area contributed by atoms with Crippen molar-refractivity contribution in [3.8, 4) is 11.1 Å². The zero-order valence-corrected chi connectivity index (χ0v) is 37.9. The first-order valence-electron chi connectivity index (χ1n) is 20.4. The Morgan fingerprint density at radius 1 is 0.921 bits per heavy atom. The maximum absolute atomic E-state index is 14.2. The molecule has 0 saturated carbocycles. The highest BCUT2D eigenvalue weighted by Gasteiger charge is 2.48. The first-order chi connectivity index (χ1) is 30.0. The molecule has 3 heterocycles. The van der Waals surface area contributed by atoms with Gasteiger partial charge in [0.05, 0.1) is 16.3 Å². The molecule has 1 atom stereocenters. The molecule has 0 bridgehead atoms. The molecule has 5 aromatic rings. The minimum Gasteiger partial charge on any atom is -0.380 e. The number of piperidine rings is 1. The largest absolute Gasteiger partial charge is 0.501 e. The second-order valence-corrected chi connectivity index (χ2v) is 21.1. The Bertz CT molecular complexity index is 2620. The summed E-state index contributed by atoms with van der Waals surface area (Å²) in [6.07, 6.45) is 3.90. The lowest BCUT2D eigenvalue weighted by Crippen LogP contribution is -2.46. The highest BCUT2D eigenvalue weighted by molar-refractivity contribution is 7.99. The first-order valence-corrected chi connectivity index (χ1v) is 24.7. The molecule has 2 N–H and O–H groups in total. The fraction of sp³-hybridized carbons (Fsp3) is 0.364. The van der Waals surface area contributed by atoms with Crippen LogP contribution in [0.25, 0.3) is 11.1 Å². The summed E-state index contributed by atoms with van der Waals surface area (Å²) in [5.74, 6) is 0.0459. The third-order valence-corrected chi connectivity index (χ3v) is 15.6. The molecule has 2 aliphatic rings. The molecule has 0 unspecified atom stereocenters. The molecule has 4 aromatic carbocycles. The molecule has 0 radical (unpaired) electrons. The molecule has 2 aliphatic heterocycles. The van der Waals surface area contributed by atoms with E-state index in [0.29, 0.717) is 60.6 Å². The van der Waals surface area contributed by atoms with Crippen LogP contribution < -0.4 is 10.0 Å². The monoisotopic (exact) mass is 945 g/mol. The number of hydrogen-bond acceptors (Lipinski definition) is 11. The van der Waals surface area contributed by atoms with Crippen LogP contribution in [-0.4, -0.2) is 105 Å². The Labute approximate surface area is 375 Å². The average Bonchev–Trinajstić information content (AvgIpc) is 3.25. The molecule has 11 nitrogen and oxygen atoms in total. The third kappa shape index (κ3) is 11.5. The Morgan fingerprint density at radius 3 is 2.38 bits per heavy atom. The van der Waals surface area contributed by atoms with E-state index < -0.39 is 41.2 Å². The van der Waals surface area contributed by atoms with Crippen molar-refractivity contribution in [2.75, 3.05) is 56.1 Å². The first kappa shape index (κ1) is 46.7. The van der Waals surface area contributed by atoms with Crippen LogP contribution in [0.5, 0.6) is 0 Å². The van der Waals surface area contributed by atoms with Crippen molar-refractivity contribution in [1.82, 2.24) is 24.7 Å². The van der Waals surface area contributed by atoms with Crippen LogP contribution in [0.15, 0.2) is 112 Å². The van der Waals surface area contributed by atoms with Crippen LogP contribution in [0.2, 0.25) is 5.02 Å². The summed E-state index contributed by atoms with van der Waals surface area (Å²) in [4.78, 5) is 14.2. The molecule has 0 spiro atoms. The number of rotatable bonds is 16. The molecule has 7 rings (SSSR count). The van der Waals surface area contributed by atoms with Crippen LogP contribution >= 0.6 is 23.4 Å². The van der Waals surface area contributed by atoms with E-state index in [-0.39, 0.29) is 23.4 Å². The highest BCUT2D eigenvalue weighted by Crippen LogP contribution is 2.38. The molecule has 336 valence electrons. The summed E-state index contributed by atoms with van der Waals surface area (Å²) in [6.45, 7) is 4.06. The van der Waals surface area contributed by atoms with Crippen LogP contribution in [0, 0.1) is 5.82 Å². The Kier molecular flexibility index (Phi) is 14.7. The minimum atomic E-state index is -6.01. The minimum absolute atomic E-state index is 0.0153. The number of halogens is 5. The molecule has 0 aliphatic carbocycles. The molecule has 1 fully saturated rings. The van der Waals surface area contributed by atoms with Gasteiger partial charge in [-0.15, -0.1) is 11.8 Å². The summed E-state index contributed by atoms with van der Waals surface area (Å²) >= 11 is 7.53. The topological polar surface area (TPSA) is 128 Å². The standard InChI is InChI=1S/C44H48ClF4N7O4S3/c1-54(2)20-16-34(28-61-36-8-5-7-32(45)24-36)52-40-15-14-37(25-42(40)62(57,58)44(47,48)49)63(59,60)53-43-39-19-23-56(27-41(39)50-29-51-43)35-17-21-55(22-18-35)26-31-6-3-4-9-38(31)30-10-12-33(46)13-11-30/h3-15,24-25,29,34-35,52H,16-23,26-28H2,1-2H3,(H,50,51,53)/t34-/m1/s1. The fourth-order valence-electron chi connectivity index (χ4n) is 7.93. The molecule has 63 heavy (non-hydrogen) atoms. The average molecular weight is 947 g/mol. The van der Waals surface area contributed by atoms with Gasteiger partial charge >= 0.3 is 5.51 Å². The van der Waals surface area contributed by atoms with E-state index in [9.17, 15) is 34.4 Å². The molecule has 1 saturated heterocycles. The molecule has 1 aromatic heterocycles. The van der Waals surface area contributed by atoms with E-state index in [2.05, 4.69) is 41.9 Å². The number of sulfonamides is 1. The summed E-state index contributed by atoms with van der Waals surface area (Å²) in [5.41, 5.74) is -1.70. The zero-order chi connectivity index (χ0) is 44.9. The van der Waals surface area contributed by atoms with E-state index in [1.54, 1.807) is 30.3 Å². The SMILES string of the molecule is CN(C)CC[C@H](CSc1cccc(Cl)c1)Nc1ccc(S(=O)(=O)Nc2ncnc3c2CCN(C2CCN(Cc4ccccc4-c4ccc(F)cc4)CC2)C3)cc1S(=O)(=O)C(F)(F)F. The van der Waals surface area contributed by atoms with E-state index in [0.717, 1.165) is 66.2 Å². The van der Waals surface area contributed by atoms with Crippen molar-refractivity contribution >= 4 is 54.7 Å². The lowest BCUT2D eigenvalue weighted by atomic mass is 9.96. The molecular weight excluding hydrogens is 898 g/mol. The number of alkyl halides is 3. The predicted molar refractivity (Wildman–Crippen MR) is 240 cm³/mol. The highest BCUT2D eigenvalue weighted by atomic mass is 35.5. The number of nitrogens with zero attached hydrogens (tertiary/aromatic N) is 5. The maximum atomic E-state index is 14.2. The van der Waals surface area contributed by atoms with Gasteiger partial charge in [-0.1, -0.05) is 54.1 Å². The van der Waals surface area contributed by atoms with Gasteiger partial charge in [0, 0.05) is 53.0 Å². The normalized spacial score (nSPS) is 16.2. The van der Waals surface area contributed by atoms with Gasteiger partial charge in [0.25, 0.3) is 19.9 Å². The summed E-state index contributed by atoms with van der Waals surface area (Å²) in [7, 11) is -6.98. The summed E-state index contributed by atoms with van der Waals surface area (Å²) in [5, 5.41) is 3.49. The number of nitrogens with one attached hydrogen (secondary N) is 2. The molecule has 19 heteroatoms. The van der Waals surface area contributed by atoms with Gasteiger partial charge in [0.15, 0.2) is 0 Å². The van der Waals surface area contributed by atoms with E-state index in [1.165, 1.54) is 30.2 Å². The van der Waals surface area contributed by atoms with Crippen LogP contribution in [0.3, 0.4) is 0 Å². The van der Waals surface area contributed by atoms with Gasteiger partial charge in [-0.3, -0.25) is 14.5 Å². The van der Waals surface area contributed by atoms with Crippen molar-refractivity contribution in [3.05, 3.63) is 125 Å². The van der Waals surface area contributed by atoms with Crippen molar-refractivity contribution in [2.45, 2.75) is 71.1 Å². The second-order valence-electron chi connectivity index (χ2n) is 16.0. The Morgan fingerprint density at radius 2 is 1.67 bits per heavy atom. The third-order valence-electron chi connectivity index (χ3n) is 11.3. The number of fused-ring (bicyclic) bond motifs is 1. The number of thioether (sulfide) groups is 1. The van der Waals surface area contributed by atoms with E-state index in [4.69, 9.17) is 11.6 Å². The zero-order valence-electron chi connectivity index (χ0n) is 34.7. The maximum Gasteiger partial charge on any atom is 0.501 e. The lowest BCUT2D eigenvalue weighted by Gasteiger charge is -2.40. The summed E-state index contributed by atoms with van der Waals surface area (Å²) in [6, 6.07) is 24.1. The van der Waals surface area contributed by atoms with Gasteiger partial charge in [-0.25, -0.2) is 31.2 Å². The number of anilines is 2. The van der Waals surface area contributed by atoms with Crippen molar-refractivity contribution in [3.63, 3.8) is 0 Å². The van der Waals surface area contributed by atoms with E-state index in [1.807, 2.05) is 37.2 Å². The van der Waals surface area contributed by atoms with Gasteiger partial charge in [0.1, 0.15) is 22.9 Å². The number of aromatic nitrogens is 2. The number of sulfone groups is 1. The van der Waals surface area contributed by atoms with Crippen molar-refractivity contribution in [1.29, 1.82) is 0 Å². The van der Waals surface area contributed by atoms with Gasteiger partial charge in [-0.05, 0) is 125 Å². The second kappa shape index (κ2) is 19.8. The smallest absolute Gasteiger partial charge is 0.380 e. The van der Waals surface area contributed by atoms with Gasteiger partial charge < -0.3 is 10.2 Å². The van der Waals surface area contributed by atoms with Crippen LogP contribution in [0.1, 0.15) is 36.1 Å². The number of hydrogen-bond donors (Lipinski definition) is 2. The van der Waals surface area contributed by atoms with Gasteiger partial charge in [-0.2, -0.15) is 13.2 Å². The Balaban J connectivity index is 1.04. The molecular formula is C44H48ClF4N7O4S3. The summed E-state index contributed by atoms with van der Waals surface area (Å²) < 4.78 is 112. The van der Waals surface area contributed by atoms with Crippen molar-refractivity contribution in [2.24, 2.45) is 0 Å². The number of benzene rings is 4. The van der Waals surface area contributed by atoms with E-state index >= 15 is 0 Å². The van der Waals surface area contributed by atoms with Crippen molar-refractivity contribution < 1.29 is 34.4 Å². The fourth-order valence-corrected chi connectivity index (χ4v) is 11.3. The predicted octanol–water partition coefficient (Wildman–Crippen LogP) is 8.58. The molecule has 0 amide bonds. The van der Waals surface area contributed by atoms with Gasteiger partial charge in [0.2, 0.25) is 0 Å². The lowest BCUT2D eigenvalue weighted by molar-refractivity contribution is -0.0435.